The molecule has 9 heteroatoms. The molecule has 0 spiro atoms. The Balaban J connectivity index is 1.49. The molecule has 0 amide bonds. The van der Waals surface area contributed by atoms with Crippen molar-refractivity contribution in [3.8, 4) is 5.75 Å². The van der Waals surface area contributed by atoms with Crippen LogP contribution in [0.5, 0.6) is 5.75 Å². The van der Waals surface area contributed by atoms with Crippen molar-refractivity contribution in [1.82, 2.24) is 0 Å². The monoisotopic (exact) mass is 494 g/mol. The number of phenols is 1. The van der Waals surface area contributed by atoms with Crippen molar-refractivity contribution < 1.29 is 40.9 Å². The van der Waals surface area contributed by atoms with Gasteiger partial charge < -0.3 is 10.2 Å². The highest BCUT2D eigenvalue weighted by Crippen LogP contribution is 2.65. The second-order valence-electron chi connectivity index (χ2n) is 10.5. The average molecular weight is 494 g/mol. The summed E-state index contributed by atoms with van der Waals surface area (Å²) < 4.78 is 90.6. The molecule has 2 saturated carbocycles. The minimum atomic E-state index is -6.08. The summed E-state index contributed by atoms with van der Waals surface area (Å²) in [7, 11) is 0. The Morgan fingerprint density at radius 3 is 2.29 bits per heavy atom. The van der Waals surface area contributed by atoms with E-state index >= 15 is 0 Å². The predicted molar refractivity (Wildman–Crippen MR) is 112 cm³/mol. The highest BCUT2D eigenvalue weighted by Gasteiger charge is 2.71. The van der Waals surface area contributed by atoms with Gasteiger partial charge in [0.15, 0.2) is 0 Å². The van der Waals surface area contributed by atoms with Gasteiger partial charge in [0.25, 0.3) is 0 Å². The molecular formula is C25H29F7O2. The normalized spacial score (nSPS) is 34.1. The Hall–Kier alpha value is -1.77. The van der Waals surface area contributed by atoms with Gasteiger partial charge in [-0.05, 0) is 91.4 Å². The van der Waals surface area contributed by atoms with E-state index in [1.54, 1.807) is 12.1 Å². The van der Waals surface area contributed by atoms with E-state index in [0.717, 1.165) is 30.9 Å². The first-order valence-electron chi connectivity index (χ1n) is 11.6. The molecule has 4 rings (SSSR count). The summed E-state index contributed by atoms with van der Waals surface area (Å²) in [5, 5.41) is 21.3. The van der Waals surface area contributed by atoms with Crippen molar-refractivity contribution in [1.29, 1.82) is 0 Å². The molecule has 1 aromatic rings. The fourth-order valence-corrected chi connectivity index (χ4v) is 6.93. The third-order valence-electron chi connectivity index (χ3n) is 8.95. The van der Waals surface area contributed by atoms with Crippen molar-refractivity contribution in [2.75, 3.05) is 0 Å². The van der Waals surface area contributed by atoms with Crippen molar-refractivity contribution in [2.45, 2.75) is 87.8 Å². The van der Waals surface area contributed by atoms with Crippen LogP contribution in [0, 0.1) is 17.3 Å². The van der Waals surface area contributed by atoms with E-state index in [1.165, 1.54) is 5.56 Å². The van der Waals surface area contributed by atoms with Gasteiger partial charge in [0.1, 0.15) is 5.75 Å². The molecule has 2 fully saturated rings. The van der Waals surface area contributed by atoms with E-state index in [2.05, 4.69) is 0 Å². The summed E-state index contributed by atoms with van der Waals surface area (Å²) in [5.41, 5.74) is -4.78. The van der Waals surface area contributed by atoms with Crippen LogP contribution in [0.3, 0.4) is 0 Å². The van der Waals surface area contributed by atoms with E-state index in [0.29, 0.717) is 37.2 Å². The fourth-order valence-electron chi connectivity index (χ4n) is 6.93. The first-order chi connectivity index (χ1) is 15.6. The molecule has 3 aliphatic rings. The van der Waals surface area contributed by atoms with Gasteiger partial charge in [-0.2, -0.15) is 26.3 Å². The number of aryl methyl sites for hydroxylation is 1. The highest BCUT2D eigenvalue weighted by atomic mass is 19.4. The van der Waals surface area contributed by atoms with Gasteiger partial charge in [-0.15, -0.1) is 0 Å². The minimum absolute atomic E-state index is 0.117. The molecule has 0 bridgehead atoms. The topological polar surface area (TPSA) is 40.5 Å². The molecule has 0 saturated heterocycles. The van der Waals surface area contributed by atoms with Gasteiger partial charge in [0.2, 0.25) is 0 Å². The lowest BCUT2D eigenvalue weighted by atomic mass is 9.53. The van der Waals surface area contributed by atoms with Crippen LogP contribution in [-0.2, 0) is 6.42 Å². The Kier molecular flexibility index (Phi) is 6.06. The number of allylic oxidation sites excluding steroid dienone is 1. The maximum absolute atomic E-state index is 13.9. The van der Waals surface area contributed by atoms with Gasteiger partial charge >= 0.3 is 18.0 Å². The number of phenolic OH excluding ortho intramolecular Hbond substituents is 1. The fraction of sp³-hybridized carbons (Fsp3) is 0.680. The number of aliphatic hydroxyl groups is 1. The zero-order valence-electron chi connectivity index (χ0n) is 18.8. The SMILES string of the molecule is C[C@]12CC[C@@H]3c4ccc(O)cc4CC[C@H]3[C@@H]1CC[C@@]2(O)C/C=C/CC(F)(C(F)(F)F)C(F)(F)F. The summed E-state index contributed by atoms with van der Waals surface area (Å²) >= 11 is 0. The van der Waals surface area contributed by atoms with Crippen molar-refractivity contribution in [3.05, 3.63) is 41.5 Å². The highest BCUT2D eigenvalue weighted by molar-refractivity contribution is 5.40. The minimum Gasteiger partial charge on any atom is -0.508 e. The smallest absolute Gasteiger partial charge is 0.431 e. The van der Waals surface area contributed by atoms with Crippen LogP contribution in [0.1, 0.15) is 68.9 Å². The quantitative estimate of drug-likeness (QED) is 0.345. The maximum Gasteiger partial charge on any atom is 0.431 e. The van der Waals surface area contributed by atoms with Gasteiger partial charge in [-0.1, -0.05) is 25.1 Å². The third kappa shape index (κ3) is 3.82. The van der Waals surface area contributed by atoms with E-state index in [4.69, 9.17) is 0 Å². The maximum atomic E-state index is 13.9. The number of rotatable bonds is 4. The molecule has 34 heavy (non-hydrogen) atoms. The van der Waals surface area contributed by atoms with Crippen molar-refractivity contribution >= 4 is 0 Å². The van der Waals surface area contributed by atoms with Crippen molar-refractivity contribution in [2.24, 2.45) is 17.3 Å². The average Bonchev–Trinajstić information content (AvgIpc) is 3.00. The molecule has 0 heterocycles. The molecule has 0 unspecified atom stereocenters. The summed E-state index contributed by atoms with van der Waals surface area (Å²) in [6, 6.07) is 5.43. The van der Waals surface area contributed by atoms with E-state index in [-0.39, 0.29) is 18.1 Å². The van der Waals surface area contributed by atoms with Crippen LogP contribution in [0.25, 0.3) is 0 Å². The van der Waals surface area contributed by atoms with Crippen LogP contribution in [0.15, 0.2) is 30.4 Å². The standard InChI is InChI=1S/C25H29F7O2/c1-21-12-8-18-17-7-5-16(33)14-15(17)4-6-19(18)20(21)9-13-22(21,34)10-2-3-11-23(26,24(27,28)29)25(30,31)32/h2-3,5,7,14,18-20,33-34H,4,6,8-13H2,1H3/b3-2+/t18-,19-,20+,21+,22+/m1/s1. The van der Waals surface area contributed by atoms with Gasteiger partial charge in [0.05, 0.1) is 5.60 Å². The van der Waals surface area contributed by atoms with Crippen LogP contribution in [0.2, 0.25) is 0 Å². The molecular weight excluding hydrogens is 465 g/mol. The number of halogens is 7. The third-order valence-corrected chi connectivity index (χ3v) is 8.95. The Labute approximate surface area is 193 Å². The number of benzene rings is 1. The number of hydrogen-bond donors (Lipinski definition) is 2. The molecule has 5 atom stereocenters. The molecule has 2 nitrogen and oxygen atoms in total. The number of aromatic hydroxyl groups is 1. The summed E-state index contributed by atoms with van der Waals surface area (Å²) in [5.74, 6) is 0.999. The molecule has 0 radical (unpaired) electrons. The Morgan fingerprint density at radius 1 is 0.971 bits per heavy atom. The first kappa shape index (κ1) is 25.3. The Bertz CT molecular complexity index is 940. The lowest BCUT2D eigenvalue weighted by Crippen LogP contribution is -2.52. The van der Waals surface area contributed by atoms with Gasteiger partial charge in [-0.3, -0.25) is 0 Å². The molecule has 2 N–H and O–H groups in total. The number of hydrogen-bond acceptors (Lipinski definition) is 2. The number of fused-ring (bicyclic) bond motifs is 5. The summed E-state index contributed by atoms with van der Waals surface area (Å²) in [4.78, 5) is 0. The van der Waals surface area contributed by atoms with Gasteiger partial charge in [-0.25, -0.2) is 4.39 Å². The number of alkyl halides is 7. The lowest BCUT2D eigenvalue weighted by molar-refractivity contribution is -0.340. The summed E-state index contributed by atoms with van der Waals surface area (Å²) in [6.45, 7) is 1.96. The second kappa shape index (κ2) is 8.14. The zero-order chi connectivity index (χ0) is 25.2. The van der Waals surface area contributed by atoms with Crippen LogP contribution < -0.4 is 0 Å². The van der Waals surface area contributed by atoms with E-state index < -0.39 is 35.5 Å². The summed E-state index contributed by atoms with van der Waals surface area (Å²) in [6.07, 6.45) is -8.23. The van der Waals surface area contributed by atoms with Crippen LogP contribution in [-0.4, -0.2) is 33.8 Å². The largest absolute Gasteiger partial charge is 0.508 e. The molecule has 3 aliphatic carbocycles. The molecule has 1 aromatic carbocycles. The van der Waals surface area contributed by atoms with Gasteiger partial charge in [0, 0.05) is 6.42 Å². The second-order valence-corrected chi connectivity index (χ2v) is 10.5. The van der Waals surface area contributed by atoms with E-state index in [9.17, 15) is 40.9 Å². The molecule has 0 aromatic heterocycles. The first-order valence-corrected chi connectivity index (χ1v) is 11.6. The molecule has 0 aliphatic heterocycles. The Morgan fingerprint density at radius 2 is 1.65 bits per heavy atom. The van der Waals surface area contributed by atoms with Crippen molar-refractivity contribution in [3.63, 3.8) is 0 Å². The van der Waals surface area contributed by atoms with E-state index in [1.807, 2.05) is 13.0 Å². The van der Waals surface area contributed by atoms with Crippen LogP contribution >= 0.6 is 0 Å². The zero-order valence-corrected chi connectivity index (χ0v) is 18.8. The van der Waals surface area contributed by atoms with Crippen LogP contribution in [0.4, 0.5) is 30.7 Å². The molecule has 190 valence electrons. The lowest BCUT2D eigenvalue weighted by Gasteiger charge is -2.53. The predicted octanol–water partition coefficient (Wildman–Crippen LogP) is 7.15.